The summed E-state index contributed by atoms with van der Waals surface area (Å²) in [4.78, 5) is 0. The molecule has 0 saturated carbocycles. The van der Waals surface area contributed by atoms with Gasteiger partial charge in [-0.3, -0.25) is 0 Å². The highest BCUT2D eigenvalue weighted by Crippen LogP contribution is 2.04. The van der Waals surface area contributed by atoms with Crippen molar-refractivity contribution in [1.82, 2.24) is 0 Å². The van der Waals surface area contributed by atoms with E-state index < -0.39 is 7.32 Å². The first kappa shape index (κ1) is 9.83. The molecule has 1 rings (SSSR count). The lowest BCUT2D eigenvalue weighted by atomic mass is 10.1. The highest BCUT2D eigenvalue weighted by atomic mass is 16.6. The largest absolute Gasteiger partial charge is 0.707 e. The molecule has 1 aromatic carbocycles. The average molecular weight is 178 g/mol. The summed E-state index contributed by atoms with van der Waals surface area (Å²) in [6.07, 6.45) is 2.90. The van der Waals surface area contributed by atoms with Gasteiger partial charge >= 0.3 is 7.32 Å². The molecule has 13 heavy (non-hydrogen) atoms. The Balaban J connectivity index is 2.54. The van der Waals surface area contributed by atoms with Gasteiger partial charge in [-0.15, -0.1) is 0 Å². The molecule has 0 radical (unpaired) electrons. The number of benzene rings is 1. The summed E-state index contributed by atoms with van der Waals surface area (Å²) in [6, 6.07) is 7.77. The lowest BCUT2D eigenvalue weighted by Crippen LogP contribution is -2.12. The van der Waals surface area contributed by atoms with E-state index >= 15 is 0 Å². The molecular weight excluding hydrogens is 167 g/mol. The summed E-state index contributed by atoms with van der Waals surface area (Å²) >= 11 is 0. The molecule has 1 aromatic rings. The van der Waals surface area contributed by atoms with Crippen LogP contribution in [0.4, 0.5) is 0 Å². The molecular formula is C9H11BO3. The average Bonchev–Trinajstić information content (AvgIpc) is 2.08. The van der Waals surface area contributed by atoms with Crippen LogP contribution in [0.5, 0.6) is 0 Å². The first-order valence-corrected chi connectivity index (χ1v) is 3.93. The Morgan fingerprint density at radius 3 is 2.38 bits per heavy atom. The van der Waals surface area contributed by atoms with Crippen LogP contribution in [-0.4, -0.2) is 17.4 Å². The van der Waals surface area contributed by atoms with E-state index in [1.54, 1.807) is 6.08 Å². The van der Waals surface area contributed by atoms with Crippen LogP contribution in [0.15, 0.2) is 30.5 Å². The third-order valence-electron chi connectivity index (χ3n) is 1.54. The van der Waals surface area contributed by atoms with Crippen LogP contribution in [0.2, 0.25) is 0 Å². The first-order valence-electron chi connectivity index (χ1n) is 3.93. The molecule has 2 N–H and O–H groups in total. The van der Waals surface area contributed by atoms with Crippen molar-refractivity contribution in [2.45, 2.75) is 6.92 Å². The topological polar surface area (TPSA) is 49.7 Å². The van der Waals surface area contributed by atoms with Gasteiger partial charge in [0.1, 0.15) is 0 Å². The first-order chi connectivity index (χ1) is 6.18. The number of hydrogen-bond acceptors (Lipinski definition) is 3. The number of hydrogen-bond donors (Lipinski definition) is 2. The quantitative estimate of drug-likeness (QED) is 0.535. The zero-order valence-electron chi connectivity index (χ0n) is 7.34. The zero-order valence-corrected chi connectivity index (χ0v) is 7.34. The molecule has 68 valence electrons. The molecule has 0 aliphatic rings. The number of aryl methyl sites for hydroxylation is 1. The molecule has 0 saturated heterocycles. The lowest BCUT2D eigenvalue weighted by Gasteiger charge is -1.96. The van der Waals surface area contributed by atoms with E-state index in [-0.39, 0.29) is 0 Å². The third-order valence-corrected chi connectivity index (χ3v) is 1.54. The normalized spacial score (nSPS) is 10.4. The maximum Gasteiger partial charge on any atom is 0.707 e. The van der Waals surface area contributed by atoms with Gasteiger partial charge in [-0.05, 0) is 18.6 Å². The van der Waals surface area contributed by atoms with Crippen LogP contribution in [-0.2, 0) is 4.65 Å². The maximum absolute atomic E-state index is 8.36. The predicted molar refractivity (Wildman–Crippen MR) is 51.5 cm³/mol. The fraction of sp³-hybridized carbons (Fsp3) is 0.111. The second-order valence-corrected chi connectivity index (χ2v) is 2.68. The van der Waals surface area contributed by atoms with Gasteiger partial charge in [-0.25, -0.2) is 0 Å². The van der Waals surface area contributed by atoms with Crippen LogP contribution >= 0.6 is 0 Å². The zero-order chi connectivity index (χ0) is 9.68. The molecule has 0 bridgehead atoms. The maximum atomic E-state index is 8.36. The summed E-state index contributed by atoms with van der Waals surface area (Å²) in [5.41, 5.74) is 2.13. The minimum Gasteiger partial charge on any atom is -0.518 e. The van der Waals surface area contributed by atoms with Crippen molar-refractivity contribution in [3.05, 3.63) is 41.7 Å². The van der Waals surface area contributed by atoms with E-state index in [0.29, 0.717) is 0 Å². The van der Waals surface area contributed by atoms with Gasteiger partial charge in [0.05, 0.1) is 6.26 Å². The fourth-order valence-electron chi connectivity index (χ4n) is 0.866. The van der Waals surface area contributed by atoms with Gasteiger partial charge in [0, 0.05) is 0 Å². The van der Waals surface area contributed by atoms with E-state index in [1.165, 1.54) is 11.8 Å². The standard InChI is InChI=1S/C9H11BO3/c1-8-2-4-9(5-3-8)6-7-13-10(11)12/h2-7,11-12H,1H3. The molecule has 0 unspecified atom stereocenters. The van der Waals surface area contributed by atoms with Crippen LogP contribution in [0, 0.1) is 6.92 Å². The van der Waals surface area contributed by atoms with Gasteiger partial charge in [0.15, 0.2) is 0 Å². The van der Waals surface area contributed by atoms with Gasteiger partial charge in [-0.2, -0.15) is 0 Å². The van der Waals surface area contributed by atoms with E-state index in [0.717, 1.165) is 5.56 Å². The molecule has 0 heterocycles. The van der Waals surface area contributed by atoms with Gasteiger partial charge in [0.25, 0.3) is 0 Å². The van der Waals surface area contributed by atoms with Crippen molar-refractivity contribution < 1.29 is 14.7 Å². The Labute approximate surface area is 77.5 Å². The molecule has 0 atom stereocenters. The lowest BCUT2D eigenvalue weighted by molar-refractivity contribution is 0.258. The molecule has 0 aliphatic heterocycles. The molecule has 3 nitrogen and oxygen atoms in total. The highest BCUT2D eigenvalue weighted by Gasteiger charge is 2.05. The van der Waals surface area contributed by atoms with Crippen LogP contribution < -0.4 is 0 Å². The van der Waals surface area contributed by atoms with E-state index in [1.807, 2.05) is 31.2 Å². The van der Waals surface area contributed by atoms with Crippen LogP contribution in [0.1, 0.15) is 11.1 Å². The molecule has 0 aliphatic carbocycles. The second kappa shape index (κ2) is 4.69. The molecule has 0 amide bonds. The second-order valence-electron chi connectivity index (χ2n) is 2.68. The van der Waals surface area contributed by atoms with E-state index in [9.17, 15) is 0 Å². The smallest absolute Gasteiger partial charge is 0.518 e. The Morgan fingerprint density at radius 2 is 1.85 bits per heavy atom. The van der Waals surface area contributed by atoms with Crippen LogP contribution in [0.3, 0.4) is 0 Å². The van der Waals surface area contributed by atoms with Crippen molar-refractivity contribution in [1.29, 1.82) is 0 Å². The summed E-state index contributed by atoms with van der Waals surface area (Å²) in [5, 5.41) is 16.7. The van der Waals surface area contributed by atoms with E-state index in [4.69, 9.17) is 10.0 Å². The predicted octanol–water partition coefficient (Wildman–Crippen LogP) is 0.952. The van der Waals surface area contributed by atoms with Gasteiger partial charge < -0.3 is 14.7 Å². The Hall–Kier alpha value is -1.26. The minimum atomic E-state index is -1.75. The molecule has 0 fully saturated rings. The molecule has 0 spiro atoms. The van der Waals surface area contributed by atoms with Crippen molar-refractivity contribution in [2.75, 3.05) is 0 Å². The minimum absolute atomic E-state index is 0.950. The van der Waals surface area contributed by atoms with Crippen molar-refractivity contribution in [3.8, 4) is 0 Å². The van der Waals surface area contributed by atoms with Gasteiger partial charge in [0.2, 0.25) is 0 Å². The Morgan fingerprint density at radius 1 is 1.23 bits per heavy atom. The fourth-order valence-corrected chi connectivity index (χ4v) is 0.866. The van der Waals surface area contributed by atoms with Crippen LogP contribution in [0.25, 0.3) is 6.08 Å². The summed E-state index contributed by atoms with van der Waals surface area (Å²) in [6.45, 7) is 2.00. The highest BCUT2D eigenvalue weighted by molar-refractivity contribution is 6.32. The monoisotopic (exact) mass is 178 g/mol. The van der Waals surface area contributed by atoms with Gasteiger partial charge in [-0.1, -0.05) is 29.8 Å². The van der Waals surface area contributed by atoms with Crippen molar-refractivity contribution in [3.63, 3.8) is 0 Å². The SMILES string of the molecule is Cc1ccc(C=COB(O)O)cc1. The summed E-state index contributed by atoms with van der Waals surface area (Å²) in [7, 11) is -1.75. The Bertz CT molecular complexity index is 279. The Kier molecular flexibility index (Phi) is 3.55. The van der Waals surface area contributed by atoms with Crippen molar-refractivity contribution >= 4 is 13.4 Å². The van der Waals surface area contributed by atoms with E-state index in [2.05, 4.69) is 4.65 Å². The summed E-state index contributed by atoms with van der Waals surface area (Å²) in [5.74, 6) is 0. The molecule has 0 aromatic heterocycles. The summed E-state index contributed by atoms with van der Waals surface area (Å²) < 4.78 is 4.41. The third kappa shape index (κ3) is 3.78. The molecule has 4 heteroatoms. The van der Waals surface area contributed by atoms with Crippen molar-refractivity contribution in [2.24, 2.45) is 0 Å². The number of rotatable bonds is 3.